The number of halogens is 1. The number of piperidine rings is 1. The monoisotopic (exact) mass is 437 g/mol. The Morgan fingerprint density at radius 2 is 2.15 bits per heavy atom. The van der Waals surface area contributed by atoms with E-state index in [2.05, 4.69) is 31.2 Å². The average molecular weight is 438 g/mol. The highest BCUT2D eigenvalue weighted by Crippen LogP contribution is 2.30. The van der Waals surface area contributed by atoms with Crippen LogP contribution >= 0.6 is 15.9 Å². The van der Waals surface area contributed by atoms with E-state index in [4.69, 9.17) is 4.74 Å². The number of carbonyl (C=O) groups excluding carboxylic acids is 1. The molecule has 144 valence electrons. The quantitative estimate of drug-likeness (QED) is 0.548. The van der Waals surface area contributed by atoms with Gasteiger partial charge in [0, 0.05) is 41.4 Å². The van der Waals surface area contributed by atoms with Gasteiger partial charge in [-0.05, 0) is 41.8 Å². The third kappa shape index (κ3) is 4.21. The fraction of sp³-hybridized carbons (Fsp3) is 0.412. The summed E-state index contributed by atoms with van der Waals surface area (Å²) in [4.78, 5) is 32.4. The highest BCUT2D eigenvalue weighted by atomic mass is 79.9. The lowest BCUT2D eigenvalue weighted by Crippen LogP contribution is -2.45. The van der Waals surface area contributed by atoms with Crippen LogP contribution in [-0.2, 0) is 0 Å². The molecule has 1 fully saturated rings. The predicted molar refractivity (Wildman–Crippen MR) is 103 cm³/mol. The standard InChI is InChI=1S/C17H20BrN5O4/c1-10-12(18)9-13(19-10)17(24)20-11-5-7-22(8-6-11)16-14(23(25)26)3-4-15(21-16)27-2/h3-4,9,11,19H,5-8H2,1-2H3,(H,20,24). The van der Waals surface area contributed by atoms with Gasteiger partial charge < -0.3 is 19.9 Å². The van der Waals surface area contributed by atoms with Gasteiger partial charge in [0.2, 0.25) is 11.7 Å². The summed E-state index contributed by atoms with van der Waals surface area (Å²) in [6.07, 6.45) is 1.34. The number of hydrogen-bond acceptors (Lipinski definition) is 6. The molecule has 0 aliphatic carbocycles. The van der Waals surface area contributed by atoms with Crippen LogP contribution in [0.25, 0.3) is 0 Å². The van der Waals surface area contributed by atoms with Crippen molar-refractivity contribution in [2.24, 2.45) is 0 Å². The predicted octanol–water partition coefficient (Wildman–Crippen LogP) is 2.80. The van der Waals surface area contributed by atoms with Crippen LogP contribution in [0.15, 0.2) is 22.7 Å². The number of methoxy groups -OCH3 is 1. The molecule has 0 unspecified atom stereocenters. The van der Waals surface area contributed by atoms with Gasteiger partial charge in [-0.15, -0.1) is 0 Å². The number of aryl methyl sites for hydroxylation is 1. The van der Waals surface area contributed by atoms with E-state index >= 15 is 0 Å². The highest BCUT2D eigenvalue weighted by Gasteiger charge is 2.27. The number of aromatic nitrogens is 2. The molecule has 3 rings (SSSR count). The lowest BCUT2D eigenvalue weighted by Gasteiger charge is -2.32. The third-order valence-corrected chi connectivity index (χ3v) is 5.38. The lowest BCUT2D eigenvalue weighted by atomic mass is 10.0. The first-order valence-corrected chi connectivity index (χ1v) is 9.28. The molecule has 0 atom stereocenters. The number of H-pyrrole nitrogens is 1. The number of aromatic amines is 1. The van der Waals surface area contributed by atoms with Crippen molar-refractivity contribution in [3.05, 3.63) is 44.2 Å². The van der Waals surface area contributed by atoms with Crippen LogP contribution in [0.3, 0.4) is 0 Å². The molecular formula is C17H20BrN5O4. The number of nitrogens with zero attached hydrogens (tertiary/aromatic N) is 3. The largest absolute Gasteiger partial charge is 0.481 e. The van der Waals surface area contributed by atoms with Gasteiger partial charge in [-0.3, -0.25) is 14.9 Å². The normalized spacial score (nSPS) is 14.9. The van der Waals surface area contributed by atoms with Crippen molar-refractivity contribution >= 4 is 33.3 Å². The van der Waals surface area contributed by atoms with E-state index in [0.29, 0.717) is 43.3 Å². The minimum Gasteiger partial charge on any atom is -0.481 e. The summed E-state index contributed by atoms with van der Waals surface area (Å²) in [5, 5.41) is 14.3. The van der Waals surface area contributed by atoms with Crippen LogP contribution < -0.4 is 15.0 Å². The summed E-state index contributed by atoms with van der Waals surface area (Å²) in [6, 6.07) is 4.63. The Kier molecular flexibility index (Phi) is 5.64. The van der Waals surface area contributed by atoms with Crippen molar-refractivity contribution in [2.45, 2.75) is 25.8 Å². The first kappa shape index (κ1) is 19.2. The van der Waals surface area contributed by atoms with Gasteiger partial charge in [0.05, 0.1) is 12.0 Å². The second-order valence-electron chi connectivity index (χ2n) is 6.34. The maximum absolute atomic E-state index is 12.4. The Balaban J connectivity index is 1.65. The molecule has 0 radical (unpaired) electrons. The molecule has 0 bridgehead atoms. The van der Waals surface area contributed by atoms with Gasteiger partial charge in [0.15, 0.2) is 0 Å². The fourth-order valence-corrected chi connectivity index (χ4v) is 3.39. The second-order valence-corrected chi connectivity index (χ2v) is 7.20. The number of nitro groups is 1. The smallest absolute Gasteiger partial charge is 0.311 e. The van der Waals surface area contributed by atoms with Gasteiger partial charge >= 0.3 is 5.69 Å². The number of pyridine rings is 1. The number of rotatable bonds is 5. The van der Waals surface area contributed by atoms with Gasteiger partial charge in [-0.25, -0.2) is 0 Å². The van der Waals surface area contributed by atoms with Crippen molar-refractivity contribution in [3.63, 3.8) is 0 Å². The molecule has 2 aromatic rings. The van der Waals surface area contributed by atoms with Gasteiger partial charge in [-0.1, -0.05) is 0 Å². The zero-order valence-corrected chi connectivity index (χ0v) is 16.6. The van der Waals surface area contributed by atoms with Crippen LogP contribution in [0.4, 0.5) is 11.5 Å². The molecule has 0 saturated carbocycles. The average Bonchev–Trinajstić information content (AvgIpc) is 3.00. The number of anilines is 1. The Morgan fingerprint density at radius 3 is 2.70 bits per heavy atom. The Labute approximate surface area is 164 Å². The molecule has 1 aliphatic heterocycles. The van der Waals surface area contributed by atoms with E-state index in [-0.39, 0.29) is 17.6 Å². The molecule has 0 spiro atoms. The van der Waals surface area contributed by atoms with E-state index < -0.39 is 4.92 Å². The van der Waals surface area contributed by atoms with E-state index in [1.807, 2.05) is 11.8 Å². The van der Waals surface area contributed by atoms with E-state index in [1.54, 1.807) is 6.07 Å². The van der Waals surface area contributed by atoms with Crippen LogP contribution in [0.5, 0.6) is 5.88 Å². The molecule has 1 aliphatic rings. The molecular weight excluding hydrogens is 418 g/mol. The van der Waals surface area contributed by atoms with Crippen molar-refractivity contribution in [3.8, 4) is 5.88 Å². The molecule has 1 saturated heterocycles. The van der Waals surface area contributed by atoms with Crippen molar-refractivity contribution in [2.75, 3.05) is 25.1 Å². The minimum atomic E-state index is -0.443. The fourth-order valence-electron chi connectivity index (χ4n) is 3.07. The maximum atomic E-state index is 12.4. The molecule has 3 heterocycles. The number of carbonyl (C=O) groups is 1. The summed E-state index contributed by atoms with van der Waals surface area (Å²) in [5.74, 6) is 0.472. The number of nitrogens with one attached hydrogen (secondary N) is 2. The number of ether oxygens (including phenoxy) is 1. The van der Waals surface area contributed by atoms with Crippen molar-refractivity contribution < 1.29 is 14.5 Å². The zero-order chi connectivity index (χ0) is 19.6. The lowest BCUT2D eigenvalue weighted by molar-refractivity contribution is -0.384. The SMILES string of the molecule is COc1ccc([N+](=O)[O-])c(N2CCC(NC(=O)c3cc(Br)c(C)[nH]3)CC2)n1. The second kappa shape index (κ2) is 7.95. The molecule has 2 aromatic heterocycles. The summed E-state index contributed by atoms with van der Waals surface area (Å²) in [5.41, 5.74) is 1.35. The van der Waals surface area contributed by atoms with E-state index in [9.17, 15) is 14.9 Å². The third-order valence-electron chi connectivity index (χ3n) is 4.56. The Bertz CT molecular complexity index is 842. The zero-order valence-electron chi connectivity index (χ0n) is 15.0. The van der Waals surface area contributed by atoms with E-state index in [1.165, 1.54) is 19.2 Å². The van der Waals surface area contributed by atoms with Crippen LogP contribution in [0, 0.1) is 17.0 Å². The molecule has 0 aromatic carbocycles. The Hall–Kier alpha value is -2.62. The minimum absolute atomic E-state index is 0.000737. The summed E-state index contributed by atoms with van der Waals surface area (Å²) < 4.78 is 5.95. The molecule has 27 heavy (non-hydrogen) atoms. The van der Waals surface area contributed by atoms with Crippen molar-refractivity contribution in [1.29, 1.82) is 0 Å². The van der Waals surface area contributed by atoms with Gasteiger partial charge in [0.25, 0.3) is 5.91 Å². The van der Waals surface area contributed by atoms with Gasteiger partial charge in [0.1, 0.15) is 5.69 Å². The van der Waals surface area contributed by atoms with Gasteiger partial charge in [-0.2, -0.15) is 4.98 Å². The summed E-state index contributed by atoms with van der Waals surface area (Å²) in [6.45, 7) is 2.99. The number of amides is 1. The first-order chi connectivity index (χ1) is 12.9. The van der Waals surface area contributed by atoms with Crippen molar-refractivity contribution in [1.82, 2.24) is 15.3 Å². The topological polar surface area (TPSA) is 113 Å². The highest BCUT2D eigenvalue weighted by molar-refractivity contribution is 9.10. The van der Waals surface area contributed by atoms with Crippen LogP contribution in [-0.4, -0.2) is 47.0 Å². The first-order valence-electron chi connectivity index (χ1n) is 8.49. The van der Waals surface area contributed by atoms with Crippen LogP contribution in [0.2, 0.25) is 0 Å². The number of hydrogen-bond donors (Lipinski definition) is 2. The molecule has 2 N–H and O–H groups in total. The maximum Gasteiger partial charge on any atom is 0.311 e. The molecule has 10 heteroatoms. The Morgan fingerprint density at radius 1 is 1.44 bits per heavy atom. The molecule has 1 amide bonds. The van der Waals surface area contributed by atoms with E-state index in [0.717, 1.165) is 10.2 Å². The molecule has 9 nitrogen and oxygen atoms in total. The summed E-state index contributed by atoms with van der Waals surface area (Å²) >= 11 is 3.38. The summed E-state index contributed by atoms with van der Waals surface area (Å²) in [7, 11) is 1.47. The van der Waals surface area contributed by atoms with Crippen LogP contribution in [0.1, 0.15) is 29.0 Å².